The van der Waals surface area contributed by atoms with Gasteiger partial charge in [0.05, 0.1) is 56.1 Å². The number of anilines is 1. The Bertz CT molecular complexity index is 1780. The maximum atomic E-state index is 13.6. The van der Waals surface area contributed by atoms with E-state index in [4.69, 9.17) is 29.9 Å². The molecule has 0 saturated carbocycles. The highest BCUT2D eigenvalue weighted by molar-refractivity contribution is 7.19. The molecule has 2 saturated heterocycles. The molecule has 0 radical (unpaired) electrons. The van der Waals surface area contributed by atoms with E-state index in [1.54, 1.807) is 34.6 Å². The van der Waals surface area contributed by atoms with Gasteiger partial charge in [-0.1, -0.05) is 31.7 Å². The molecule has 0 spiro atoms. The van der Waals surface area contributed by atoms with E-state index in [2.05, 4.69) is 38.0 Å². The first kappa shape index (κ1) is 40.9. The molecule has 0 aromatic carbocycles. The van der Waals surface area contributed by atoms with Crippen molar-refractivity contribution in [1.82, 2.24) is 35.3 Å². The zero-order chi connectivity index (χ0) is 38.3. The molecule has 15 nitrogen and oxygen atoms in total. The van der Waals surface area contributed by atoms with Gasteiger partial charge in [0.15, 0.2) is 17.4 Å². The molecule has 1 atom stereocenters. The van der Waals surface area contributed by atoms with Crippen LogP contribution in [0.25, 0.3) is 15.8 Å². The summed E-state index contributed by atoms with van der Waals surface area (Å²) in [6.45, 7) is 14.6. The summed E-state index contributed by atoms with van der Waals surface area (Å²) >= 11 is 1.64. The van der Waals surface area contributed by atoms with Crippen LogP contribution in [-0.4, -0.2) is 139 Å². The Labute approximate surface area is 320 Å². The van der Waals surface area contributed by atoms with Crippen molar-refractivity contribution in [3.8, 4) is 0 Å². The fraction of sp³-hybridized carbons (Fsp3) is 0.526. The number of aryl methyl sites for hydroxylation is 1. The highest BCUT2D eigenvalue weighted by atomic mass is 32.1. The van der Waals surface area contributed by atoms with E-state index < -0.39 is 6.04 Å². The summed E-state index contributed by atoms with van der Waals surface area (Å²) in [6, 6.07) is 1.37. The van der Waals surface area contributed by atoms with Gasteiger partial charge in [-0.05, 0) is 25.5 Å². The van der Waals surface area contributed by atoms with Crippen molar-refractivity contribution in [1.29, 1.82) is 0 Å². The van der Waals surface area contributed by atoms with Gasteiger partial charge in [-0.15, -0.1) is 11.3 Å². The number of ketones is 1. The van der Waals surface area contributed by atoms with Crippen molar-refractivity contribution >= 4 is 50.5 Å². The van der Waals surface area contributed by atoms with Crippen molar-refractivity contribution in [2.75, 3.05) is 90.4 Å². The van der Waals surface area contributed by atoms with Crippen LogP contribution in [-0.2, 0) is 35.1 Å². The number of aromatic amines is 1. The van der Waals surface area contributed by atoms with E-state index in [1.165, 1.54) is 6.08 Å². The molecule has 2 aliphatic heterocycles. The molecule has 3 aromatic heterocycles. The number of carbonyl (C=O) groups excluding carboxylic acids is 3. The van der Waals surface area contributed by atoms with E-state index in [0.29, 0.717) is 91.3 Å². The summed E-state index contributed by atoms with van der Waals surface area (Å²) in [4.78, 5) is 56.7. The first-order chi connectivity index (χ1) is 26.3. The Hall–Kier alpha value is -4.32. The number of fused-ring (bicyclic) bond motifs is 1. The standard InChI is InChI=1S/C38H53N9O6S/c1-4-6-8-28(48)9-10-34(49)47-14-13-45(26-33(47)38(50)40-12-18-52-22-21-51-17-11-39)25-29-23-32-35(54-29)37(46-15-19-53-20-16-46)43-36(42-32)30(7-5-2)31-24-41-44-27(31)3/h5-8,23-24,33H,2,4,9-22,25-26,39H2,1,3H3,(H,40,50)(H,41,44)/b8-6+,30-7+. The maximum absolute atomic E-state index is 13.6. The summed E-state index contributed by atoms with van der Waals surface area (Å²) in [6.07, 6.45) is 9.61. The number of H-pyrrole nitrogens is 1. The minimum atomic E-state index is -0.727. The third kappa shape index (κ3) is 11.1. The molecule has 2 fully saturated rings. The summed E-state index contributed by atoms with van der Waals surface area (Å²) in [5.74, 6) is 0.868. The van der Waals surface area contributed by atoms with Gasteiger partial charge in [-0.3, -0.25) is 24.4 Å². The molecule has 292 valence electrons. The predicted octanol–water partition coefficient (Wildman–Crippen LogP) is 2.61. The van der Waals surface area contributed by atoms with Crippen LogP contribution >= 0.6 is 11.3 Å². The normalized spacial score (nSPS) is 17.1. The SMILES string of the molecule is C=C/C=C(/c1nc(N2CCOCC2)c2sc(CN3CCN(C(=O)CCC(=O)/C=C/CC)C(C(=O)NCCOCCOCCN)C3)cc2n1)c1cn[nH]c1C. The van der Waals surface area contributed by atoms with Crippen LogP contribution < -0.4 is 16.0 Å². The molecule has 3 aromatic rings. The molecule has 4 N–H and O–H groups in total. The molecule has 2 amide bonds. The number of morpholine rings is 1. The minimum absolute atomic E-state index is 0.0465. The summed E-state index contributed by atoms with van der Waals surface area (Å²) in [7, 11) is 0. The minimum Gasteiger partial charge on any atom is -0.378 e. The Morgan fingerprint density at radius 3 is 2.63 bits per heavy atom. The average Bonchev–Trinajstić information content (AvgIpc) is 3.81. The number of amides is 2. The Morgan fingerprint density at radius 1 is 1.11 bits per heavy atom. The molecule has 5 rings (SSSR count). The number of aromatic nitrogens is 4. The van der Waals surface area contributed by atoms with E-state index in [1.807, 2.05) is 19.9 Å². The van der Waals surface area contributed by atoms with Gasteiger partial charge >= 0.3 is 0 Å². The van der Waals surface area contributed by atoms with Gasteiger partial charge in [0.2, 0.25) is 11.8 Å². The second-order valence-corrected chi connectivity index (χ2v) is 14.2. The number of thiophene rings is 1. The number of nitrogens with zero attached hydrogens (tertiary/aromatic N) is 6. The molecule has 2 aliphatic rings. The Morgan fingerprint density at radius 2 is 1.91 bits per heavy atom. The van der Waals surface area contributed by atoms with Gasteiger partial charge in [0, 0.05) is 86.9 Å². The van der Waals surface area contributed by atoms with Crippen molar-refractivity contribution < 1.29 is 28.6 Å². The molecule has 54 heavy (non-hydrogen) atoms. The molecule has 1 unspecified atom stereocenters. The fourth-order valence-corrected chi connectivity index (χ4v) is 7.53. The monoisotopic (exact) mass is 763 g/mol. The number of nitrogens with two attached hydrogens (primary N) is 1. The maximum Gasteiger partial charge on any atom is 0.244 e. The largest absolute Gasteiger partial charge is 0.378 e. The van der Waals surface area contributed by atoms with Crippen LogP contribution in [0, 0.1) is 6.92 Å². The lowest BCUT2D eigenvalue weighted by atomic mass is 10.1. The predicted molar refractivity (Wildman–Crippen MR) is 209 cm³/mol. The van der Waals surface area contributed by atoms with Gasteiger partial charge in [0.1, 0.15) is 6.04 Å². The summed E-state index contributed by atoms with van der Waals surface area (Å²) < 4.78 is 17.6. The molecule has 16 heteroatoms. The van der Waals surface area contributed by atoms with Crippen LogP contribution in [0.3, 0.4) is 0 Å². The lowest BCUT2D eigenvalue weighted by Crippen LogP contribution is -2.60. The van der Waals surface area contributed by atoms with Crippen molar-refractivity contribution in [2.24, 2.45) is 5.73 Å². The smallest absolute Gasteiger partial charge is 0.244 e. The van der Waals surface area contributed by atoms with E-state index in [9.17, 15) is 14.4 Å². The fourth-order valence-electron chi connectivity index (χ4n) is 6.38. The quantitative estimate of drug-likeness (QED) is 0.0872. The van der Waals surface area contributed by atoms with Crippen LogP contribution in [0.2, 0.25) is 0 Å². The second-order valence-electron chi connectivity index (χ2n) is 13.0. The Balaban J connectivity index is 1.34. The number of piperazine rings is 1. The van der Waals surface area contributed by atoms with E-state index in [0.717, 1.165) is 44.2 Å². The lowest BCUT2D eigenvalue weighted by molar-refractivity contribution is -0.144. The molecule has 0 aliphatic carbocycles. The van der Waals surface area contributed by atoms with Gasteiger partial charge in [-0.25, -0.2) is 9.97 Å². The highest BCUT2D eigenvalue weighted by Gasteiger charge is 2.35. The van der Waals surface area contributed by atoms with Crippen LogP contribution in [0.15, 0.2) is 43.1 Å². The summed E-state index contributed by atoms with van der Waals surface area (Å²) in [5.41, 5.74) is 8.91. The van der Waals surface area contributed by atoms with E-state index >= 15 is 0 Å². The third-order valence-corrected chi connectivity index (χ3v) is 10.2. The number of hydrogen-bond acceptors (Lipinski definition) is 13. The van der Waals surface area contributed by atoms with Crippen LogP contribution in [0.5, 0.6) is 0 Å². The molecular formula is C38H53N9O6S. The lowest BCUT2D eigenvalue weighted by Gasteiger charge is -2.40. The van der Waals surface area contributed by atoms with Gasteiger partial charge in [-0.2, -0.15) is 5.10 Å². The molecule has 0 bridgehead atoms. The van der Waals surface area contributed by atoms with Crippen LogP contribution in [0.1, 0.15) is 48.1 Å². The first-order valence-corrected chi connectivity index (χ1v) is 19.5. The zero-order valence-electron chi connectivity index (χ0n) is 31.4. The number of ether oxygens (including phenoxy) is 3. The number of hydrogen-bond donors (Lipinski definition) is 3. The van der Waals surface area contributed by atoms with Crippen molar-refractivity contribution in [2.45, 2.75) is 45.7 Å². The number of allylic oxidation sites excluding steroid dienone is 4. The van der Waals surface area contributed by atoms with Crippen molar-refractivity contribution in [3.63, 3.8) is 0 Å². The Kier molecular flexibility index (Phi) is 15.9. The topological polar surface area (TPSA) is 181 Å². The zero-order valence-corrected chi connectivity index (χ0v) is 32.2. The van der Waals surface area contributed by atoms with Gasteiger partial charge in [0.25, 0.3) is 0 Å². The molecular weight excluding hydrogens is 711 g/mol. The first-order valence-electron chi connectivity index (χ1n) is 18.6. The summed E-state index contributed by atoms with van der Waals surface area (Å²) in [5, 5.41) is 10.2. The number of carbonyl (C=O) groups is 3. The highest BCUT2D eigenvalue weighted by Crippen LogP contribution is 2.36. The number of rotatable bonds is 20. The third-order valence-electron chi connectivity index (χ3n) is 9.13. The molecule has 5 heterocycles. The average molecular weight is 764 g/mol. The van der Waals surface area contributed by atoms with Gasteiger partial charge < -0.3 is 35.1 Å². The second kappa shape index (κ2) is 21.0. The van der Waals surface area contributed by atoms with E-state index in [-0.39, 0.29) is 37.0 Å². The van der Waals surface area contributed by atoms with Crippen LogP contribution in [0.4, 0.5) is 5.82 Å². The van der Waals surface area contributed by atoms with Crippen molar-refractivity contribution in [3.05, 3.63) is 65.1 Å². The number of nitrogens with one attached hydrogen (secondary N) is 2.